The molecular weight excluding hydrogens is 358 g/mol. The van der Waals surface area contributed by atoms with Gasteiger partial charge in [-0.3, -0.25) is 19.3 Å². The number of carbonyl (C=O) groups excluding carboxylic acids is 2. The Hall–Kier alpha value is -2.06. The summed E-state index contributed by atoms with van der Waals surface area (Å²) in [4.78, 5) is 44.4. The second-order valence-electron chi connectivity index (χ2n) is 6.51. The Morgan fingerprint density at radius 2 is 2.04 bits per heavy atom. The van der Waals surface area contributed by atoms with Crippen molar-refractivity contribution in [3.05, 3.63) is 30.6 Å². The quantitative estimate of drug-likeness (QED) is 0.872. The summed E-state index contributed by atoms with van der Waals surface area (Å²) in [5.74, 6) is -0.123. The number of hydrogen-bond acceptors (Lipinski definition) is 6. The zero-order valence-electron chi connectivity index (χ0n) is 14.9. The van der Waals surface area contributed by atoms with Gasteiger partial charge in [-0.05, 0) is 13.0 Å². The molecule has 0 aliphatic rings. The van der Waals surface area contributed by atoms with Crippen LogP contribution in [0.4, 0.5) is 5.13 Å². The van der Waals surface area contributed by atoms with E-state index in [-0.39, 0.29) is 17.2 Å². The number of hydrogen-bond donors (Lipinski definition) is 1. The maximum atomic E-state index is 12.1. The molecule has 1 N–H and O–H groups in total. The topological polar surface area (TPSA) is 83.1 Å². The van der Waals surface area contributed by atoms with Crippen molar-refractivity contribution in [2.45, 2.75) is 34.6 Å². The molecule has 8 heteroatoms. The van der Waals surface area contributed by atoms with Crippen molar-refractivity contribution in [1.82, 2.24) is 9.97 Å². The summed E-state index contributed by atoms with van der Waals surface area (Å²) in [7, 11) is 0. The van der Waals surface area contributed by atoms with Gasteiger partial charge in [-0.15, -0.1) is 22.7 Å². The first-order valence-corrected chi connectivity index (χ1v) is 9.52. The van der Waals surface area contributed by atoms with E-state index < -0.39 is 5.41 Å². The number of carbonyl (C=O) groups is 2. The van der Waals surface area contributed by atoms with Crippen LogP contribution in [0.15, 0.2) is 10.2 Å². The molecule has 0 spiro atoms. The third-order valence-corrected chi connectivity index (χ3v) is 5.24. The summed E-state index contributed by atoms with van der Waals surface area (Å²) in [5, 5.41) is 2.40. The van der Waals surface area contributed by atoms with Crippen molar-refractivity contribution in [1.29, 1.82) is 0 Å². The molecule has 0 saturated carbocycles. The molecular formula is C17H21N3O3S2. The molecule has 0 fully saturated rings. The number of ketones is 1. The van der Waals surface area contributed by atoms with Crippen LogP contribution in [0.2, 0.25) is 0 Å². The van der Waals surface area contributed by atoms with E-state index >= 15 is 0 Å². The lowest BCUT2D eigenvalue weighted by Crippen LogP contribution is -2.27. The van der Waals surface area contributed by atoms with E-state index in [1.807, 2.05) is 27.7 Å². The largest absolute Gasteiger partial charge is 0.313 e. The zero-order valence-corrected chi connectivity index (χ0v) is 16.5. The number of aromatic amines is 1. The van der Waals surface area contributed by atoms with Crippen LogP contribution in [0.5, 0.6) is 0 Å². The Bertz CT molecular complexity index is 960. The van der Waals surface area contributed by atoms with Crippen molar-refractivity contribution in [2.24, 2.45) is 5.41 Å². The summed E-state index contributed by atoms with van der Waals surface area (Å²) >= 11 is 2.56. The molecule has 2 rings (SSSR count). The predicted molar refractivity (Wildman–Crippen MR) is 102 cm³/mol. The van der Waals surface area contributed by atoms with Crippen LogP contribution >= 0.6 is 22.7 Å². The number of nitrogens with zero attached hydrogens (tertiary/aromatic N) is 2. The van der Waals surface area contributed by atoms with Gasteiger partial charge < -0.3 is 4.98 Å². The number of H-pyrrole nitrogens is 1. The predicted octanol–water partition coefficient (Wildman–Crippen LogP) is 1.49. The summed E-state index contributed by atoms with van der Waals surface area (Å²) in [6, 6.07) is 0. The minimum Gasteiger partial charge on any atom is -0.313 e. The van der Waals surface area contributed by atoms with Gasteiger partial charge in [-0.1, -0.05) is 20.8 Å². The molecule has 0 atom stereocenters. The van der Waals surface area contributed by atoms with Gasteiger partial charge in [0.05, 0.1) is 14.9 Å². The van der Waals surface area contributed by atoms with E-state index in [9.17, 15) is 14.4 Å². The first kappa shape index (κ1) is 19.3. The summed E-state index contributed by atoms with van der Waals surface area (Å²) in [6.07, 6.45) is 3.13. The van der Waals surface area contributed by atoms with E-state index in [4.69, 9.17) is 0 Å². The maximum absolute atomic E-state index is 12.1. The van der Waals surface area contributed by atoms with Crippen molar-refractivity contribution in [3.63, 3.8) is 0 Å². The van der Waals surface area contributed by atoms with Crippen LogP contribution in [0.3, 0.4) is 0 Å². The maximum Gasteiger partial charge on any atom is 0.266 e. The number of anilines is 1. The number of aromatic nitrogens is 2. The second kappa shape index (κ2) is 7.45. The van der Waals surface area contributed by atoms with E-state index in [1.165, 1.54) is 35.7 Å². The summed E-state index contributed by atoms with van der Waals surface area (Å²) in [5.41, 5.74) is -0.141. The number of rotatable bonds is 4. The first-order valence-electron chi connectivity index (χ1n) is 7.82. The van der Waals surface area contributed by atoms with Gasteiger partial charge in [0, 0.05) is 30.3 Å². The number of Topliss-reactive ketones (excluding diaryl/α,β-unsaturated/α-hetero) is 1. The van der Waals surface area contributed by atoms with Gasteiger partial charge >= 0.3 is 0 Å². The van der Waals surface area contributed by atoms with Crippen LogP contribution in [-0.2, 0) is 9.59 Å². The summed E-state index contributed by atoms with van der Waals surface area (Å²) < 4.78 is 0.987. The molecule has 0 aromatic carbocycles. The first-order chi connectivity index (χ1) is 11.6. The molecule has 6 nitrogen and oxygen atoms in total. The highest BCUT2D eigenvalue weighted by atomic mass is 32.1. The van der Waals surface area contributed by atoms with E-state index in [1.54, 1.807) is 16.4 Å². The van der Waals surface area contributed by atoms with Crippen LogP contribution in [0.1, 0.15) is 40.3 Å². The fraction of sp³-hybridized carbons (Fsp3) is 0.412. The smallest absolute Gasteiger partial charge is 0.266 e. The molecule has 2 aromatic heterocycles. The average molecular weight is 380 g/mol. The van der Waals surface area contributed by atoms with Gasteiger partial charge in [-0.25, -0.2) is 4.98 Å². The highest BCUT2D eigenvalue weighted by molar-refractivity contribution is 7.14. The molecule has 134 valence electrons. The van der Waals surface area contributed by atoms with Crippen LogP contribution in [0.25, 0.3) is 12.2 Å². The molecule has 2 aromatic rings. The fourth-order valence-corrected chi connectivity index (χ4v) is 3.71. The van der Waals surface area contributed by atoms with Crippen molar-refractivity contribution in [3.8, 4) is 0 Å². The lowest BCUT2D eigenvalue weighted by atomic mass is 9.91. The Morgan fingerprint density at radius 3 is 2.60 bits per heavy atom. The molecule has 2 heterocycles. The van der Waals surface area contributed by atoms with Gasteiger partial charge in [0.25, 0.3) is 5.56 Å². The third kappa shape index (κ3) is 4.73. The van der Waals surface area contributed by atoms with Gasteiger partial charge in [0.2, 0.25) is 5.91 Å². The van der Waals surface area contributed by atoms with Gasteiger partial charge in [0.15, 0.2) is 10.9 Å². The van der Waals surface area contributed by atoms with Gasteiger partial charge in [0.1, 0.15) is 0 Å². The second-order valence-corrected chi connectivity index (χ2v) is 8.43. The molecule has 0 aliphatic heterocycles. The van der Waals surface area contributed by atoms with E-state index in [0.29, 0.717) is 26.6 Å². The normalized spacial score (nSPS) is 13.3. The van der Waals surface area contributed by atoms with Crippen molar-refractivity contribution < 1.29 is 9.59 Å². The van der Waals surface area contributed by atoms with Crippen LogP contribution in [0, 0.1) is 5.41 Å². The monoisotopic (exact) mass is 379 g/mol. The number of thiazole rings is 2. The Balaban J connectivity index is 2.39. The van der Waals surface area contributed by atoms with Crippen molar-refractivity contribution >= 4 is 51.6 Å². The van der Waals surface area contributed by atoms with Crippen molar-refractivity contribution in [2.75, 3.05) is 11.4 Å². The fourth-order valence-electron chi connectivity index (χ4n) is 1.95. The SMILES string of the molecule is CCN(C(C)=O)c1nc(/C=c2\s/c(=C\C(=O)C(C)(C)C)[nH]c2=O)cs1. The minimum atomic E-state index is -0.495. The molecule has 0 saturated heterocycles. The Labute approximate surface area is 153 Å². The highest BCUT2D eigenvalue weighted by Crippen LogP contribution is 2.20. The van der Waals surface area contributed by atoms with E-state index in [0.717, 1.165) is 0 Å². The third-order valence-electron chi connectivity index (χ3n) is 3.40. The minimum absolute atomic E-state index is 0.0486. The molecule has 1 amide bonds. The zero-order chi connectivity index (χ0) is 18.8. The Kier molecular flexibility index (Phi) is 5.74. The standard InChI is InChI=1S/C17H21N3O3S2/c1-6-20(10(2)21)16-18-11(9-24-16)7-12-15(23)19-14(25-12)8-13(22)17(3,4)5/h7-9H,6H2,1-5H3,(H,19,23)/b12-7-,14-8-. The number of nitrogens with one attached hydrogen (secondary N) is 1. The van der Waals surface area contributed by atoms with E-state index in [2.05, 4.69) is 9.97 Å². The Morgan fingerprint density at radius 1 is 1.36 bits per heavy atom. The molecule has 0 radical (unpaired) electrons. The highest BCUT2D eigenvalue weighted by Gasteiger charge is 2.18. The molecule has 0 aliphatic carbocycles. The van der Waals surface area contributed by atoms with Crippen LogP contribution in [-0.4, -0.2) is 28.2 Å². The van der Waals surface area contributed by atoms with Crippen LogP contribution < -0.4 is 19.7 Å². The molecule has 0 unspecified atom stereocenters. The lowest BCUT2D eigenvalue weighted by Gasteiger charge is -2.14. The average Bonchev–Trinajstić information content (AvgIpc) is 3.06. The molecule has 0 bridgehead atoms. The van der Waals surface area contributed by atoms with Gasteiger partial charge in [-0.2, -0.15) is 0 Å². The molecule has 25 heavy (non-hydrogen) atoms. The summed E-state index contributed by atoms with van der Waals surface area (Å²) in [6.45, 7) is 9.40. The lowest BCUT2D eigenvalue weighted by molar-refractivity contribution is -0.120. The number of amides is 1.